The standard InChI is InChI=1S/C22H22N4O3/c1-13-5-4-6-17(14(13)2)26-22(27)18-12-21(24-15(3)23-18)25-16-7-8-19-20(11-16)29-10-9-28-19/h4-8,11-12H,9-10H2,1-3H3,(H,26,27)(H,23,24,25). The summed E-state index contributed by atoms with van der Waals surface area (Å²) in [6, 6.07) is 13.0. The Morgan fingerprint density at radius 1 is 0.966 bits per heavy atom. The summed E-state index contributed by atoms with van der Waals surface area (Å²) in [5.41, 5.74) is 3.99. The highest BCUT2D eigenvalue weighted by atomic mass is 16.6. The first-order valence-electron chi connectivity index (χ1n) is 9.39. The third-order valence-electron chi connectivity index (χ3n) is 4.74. The summed E-state index contributed by atoms with van der Waals surface area (Å²) in [5.74, 6) is 2.14. The fraction of sp³-hybridized carbons (Fsp3) is 0.227. The van der Waals surface area contributed by atoms with Gasteiger partial charge in [-0.1, -0.05) is 12.1 Å². The van der Waals surface area contributed by atoms with Crippen LogP contribution in [-0.2, 0) is 0 Å². The molecule has 0 spiro atoms. The van der Waals surface area contributed by atoms with Crippen LogP contribution in [0.5, 0.6) is 11.5 Å². The molecule has 0 saturated heterocycles. The van der Waals surface area contributed by atoms with E-state index in [-0.39, 0.29) is 5.91 Å². The molecule has 0 atom stereocenters. The highest BCUT2D eigenvalue weighted by Gasteiger charge is 2.15. The summed E-state index contributed by atoms with van der Waals surface area (Å²) in [7, 11) is 0. The molecular formula is C22H22N4O3. The molecule has 1 aliphatic rings. The summed E-state index contributed by atoms with van der Waals surface area (Å²) < 4.78 is 11.2. The molecule has 7 heteroatoms. The zero-order valence-electron chi connectivity index (χ0n) is 16.6. The van der Waals surface area contributed by atoms with E-state index < -0.39 is 0 Å². The van der Waals surface area contributed by atoms with Gasteiger partial charge in [0.1, 0.15) is 30.5 Å². The van der Waals surface area contributed by atoms with Crippen molar-refractivity contribution < 1.29 is 14.3 Å². The van der Waals surface area contributed by atoms with Gasteiger partial charge in [0.2, 0.25) is 0 Å². The van der Waals surface area contributed by atoms with Gasteiger partial charge in [0, 0.05) is 23.5 Å². The predicted octanol–water partition coefficient (Wildman–Crippen LogP) is 4.17. The van der Waals surface area contributed by atoms with E-state index in [1.165, 1.54) is 0 Å². The number of amides is 1. The second-order valence-corrected chi connectivity index (χ2v) is 6.87. The zero-order valence-corrected chi connectivity index (χ0v) is 16.6. The van der Waals surface area contributed by atoms with Crippen molar-refractivity contribution >= 4 is 23.1 Å². The molecule has 29 heavy (non-hydrogen) atoms. The van der Waals surface area contributed by atoms with Crippen LogP contribution in [-0.4, -0.2) is 29.1 Å². The van der Waals surface area contributed by atoms with Gasteiger partial charge in [-0.25, -0.2) is 9.97 Å². The second-order valence-electron chi connectivity index (χ2n) is 6.87. The fourth-order valence-corrected chi connectivity index (χ4v) is 3.09. The number of ether oxygens (including phenoxy) is 2. The van der Waals surface area contributed by atoms with Crippen LogP contribution >= 0.6 is 0 Å². The summed E-state index contributed by atoms with van der Waals surface area (Å²) >= 11 is 0. The lowest BCUT2D eigenvalue weighted by Crippen LogP contribution is -2.16. The Balaban J connectivity index is 1.56. The molecule has 0 saturated carbocycles. The van der Waals surface area contributed by atoms with Crippen molar-refractivity contribution in [1.29, 1.82) is 0 Å². The topological polar surface area (TPSA) is 85.4 Å². The monoisotopic (exact) mass is 390 g/mol. The minimum Gasteiger partial charge on any atom is -0.486 e. The molecule has 1 amide bonds. The number of benzene rings is 2. The van der Waals surface area contributed by atoms with Crippen molar-refractivity contribution in [1.82, 2.24) is 9.97 Å². The predicted molar refractivity (Wildman–Crippen MR) is 111 cm³/mol. The number of nitrogens with zero attached hydrogens (tertiary/aromatic N) is 2. The van der Waals surface area contributed by atoms with Crippen LogP contribution in [0.15, 0.2) is 42.5 Å². The maximum Gasteiger partial charge on any atom is 0.274 e. The molecule has 0 aliphatic carbocycles. The average molecular weight is 390 g/mol. The van der Waals surface area contributed by atoms with Crippen molar-refractivity contribution in [3.05, 3.63) is 65.1 Å². The number of nitrogens with one attached hydrogen (secondary N) is 2. The van der Waals surface area contributed by atoms with E-state index >= 15 is 0 Å². The SMILES string of the molecule is Cc1nc(Nc2ccc3c(c2)OCCO3)cc(C(=O)Nc2cccc(C)c2C)n1. The lowest BCUT2D eigenvalue weighted by Gasteiger charge is -2.19. The van der Waals surface area contributed by atoms with Gasteiger partial charge in [0.05, 0.1) is 0 Å². The molecule has 3 aromatic rings. The Kier molecular flexibility index (Phi) is 5.03. The second kappa shape index (κ2) is 7.79. The molecule has 2 N–H and O–H groups in total. The molecule has 1 aromatic heterocycles. The Labute approximate surface area is 169 Å². The first-order chi connectivity index (χ1) is 14.0. The van der Waals surface area contributed by atoms with Crippen molar-refractivity contribution in [3.8, 4) is 11.5 Å². The average Bonchev–Trinajstić information content (AvgIpc) is 2.71. The van der Waals surface area contributed by atoms with Crippen molar-refractivity contribution in [2.75, 3.05) is 23.8 Å². The minimum absolute atomic E-state index is 0.283. The zero-order chi connectivity index (χ0) is 20.4. The number of aryl methyl sites for hydroxylation is 2. The number of anilines is 3. The van der Waals surface area contributed by atoms with E-state index in [4.69, 9.17) is 9.47 Å². The van der Waals surface area contributed by atoms with Gasteiger partial charge < -0.3 is 20.1 Å². The molecule has 0 unspecified atom stereocenters. The third kappa shape index (κ3) is 4.13. The molecule has 2 heterocycles. The molecular weight excluding hydrogens is 368 g/mol. The number of fused-ring (bicyclic) bond motifs is 1. The fourth-order valence-electron chi connectivity index (χ4n) is 3.09. The lowest BCUT2D eigenvalue weighted by atomic mass is 10.1. The number of aromatic nitrogens is 2. The number of rotatable bonds is 4. The summed E-state index contributed by atoms with van der Waals surface area (Å²) in [4.78, 5) is 21.4. The van der Waals surface area contributed by atoms with Gasteiger partial charge in [0.15, 0.2) is 11.5 Å². The number of carbonyl (C=O) groups is 1. The highest BCUT2D eigenvalue weighted by Crippen LogP contribution is 2.33. The van der Waals surface area contributed by atoms with E-state index in [2.05, 4.69) is 20.6 Å². The van der Waals surface area contributed by atoms with E-state index in [1.807, 2.05) is 50.2 Å². The van der Waals surface area contributed by atoms with Crippen LogP contribution in [0.3, 0.4) is 0 Å². The molecule has 7 nitrogen and oxygen atoms in total. The number of hydrogen-bond donors (Lipinski definition) is 2. The first kappa shape index (κ1) is 18.7. The van der Waals surface area contributed by atoms with Crippen LogP contribution in [0.4, 0.5) is 17.2 Å². The summed E-state index contributed by atoms with van der Waals surface area (Å²) in [5, 5.41) is 6.14. The van der Waals surface area contributed by atoms with E-state index in [0.717, 1.165) is 22.5 Å². The molecule has 0 bridgehead atoms. The Hall–Kier alpha value is -3.61. The van der Waals surface area contributed by atoms with Crippen molar-refractivity contribution in [3.63, 3.8) is 0 Å². The van der Waals surface area contributed by atoms with E-state index in [1.54, 1.807) is 13.0 Å². The molecule has 4 rings (SSSR count). The molecule has 148 valence electrons. The lowest BCUT2D eigenvalue weighted by molar-refractivity contribution is 0.102. The van der Waals surface area contributed by atoms with Crippen LogP contribution in [0.25, 0.3) is 0 Å². The Morgan fingerprint density at radius 2 is 1.76 bits per heavy atom. The third-order valence-corrected chi connectivity index (χ3v) is 4.74. The van der Waals surface area contributed by atoms with Gasteiger partial charge in [-0.3, -0.25) is 4.79 Å². The molecule has 1 aliphatic heterocycles. The van der Waals surface area contributed by atoms with Crippen molar-refractivity contribution in [2.45, 2.75) is 20.8 Å². The molecule has 0 radical (unpaired) electrons. The quantitative estimate of drug-likeness (QED) is 0.695. The van der Waals surface area contributed by atoms with Crippen LogP contribution in [0.1, 0.15) is 27.4 Å². The maximum absolute atomic E-state index is 12.8. The van der Waals surface area contributed by atoms with Crippen LogP contribution in [0.2, 0.25) is 0 Å². The van der Waals surface area contributed by atoms with Crippen LogP contribution < -0.4 is 20.1 Å². The van der Waals surface area contributed by atoms with Gasteiger partial charge >= 0.3 is 0 Å². The van der Waals surface area contributed by atoms with Crippen molar-refractivity contribution in [2.24, 2.45) is 0 Å². The van der Waals surface area contributed by atoms with E-state index in [9.17, 15) is 4.79 Å². The summed E-state index contributed by atoms with van der Waals surface area (Å²) in [6.07, 6.45) is 0. The largest absolute Gasteiger partial charge is 0.486 e. The minimum atomic E-state index is -0.283. The smallest absolute Gasteiger partial charge is 0.274 e. The normalized spacial score (nSPS) is 12.4. The van der Waals surface area contributed by atoms with Gasteiger partial charge in [-0.15, -0.1) is 0 Å². The first-order valence-corrected chi connectivity index (χ1v) is 9.39. The molecule has 0 fully saturated rings. The van der Waals surface area contributed by atoms with Gasteiger partial charge in [-0.2, -0.15) is 0 Å². The Bertz CT molecular complexity index is 1080. The number of carbonyl (C=O) groups excluding carboxylic acids is 1. The van der Waals surface area contributed by atoms with Gasteiger partial charge in [0.25, 0.3) is 5.91 Å². The van der Waals surface area contributed by atoms with Crippen LogP contribution in [0, 0.1) is 20.8 Å². The highest BCUT2D eigenvalue weighted by molar-refractivity contribution is 6.03. The van der Waals surface area contributed by atoms with Gasteiger partial charge in [-0.05, 0) is 50.1 Å². The summed E-state index contributed by atoms with van der Waals surface area (Å²) in [6.45, 7) is 6.80. The molecule has 2 aromatic carbocycles. The Morgan fingerprint density at radius 3 is 2.59 bits per heavy atom. The van der Waals surface area contributed by atoms with E-state index in [0.29, 0.717) is 42.0 Å². The maximum atomic E-state index is 12.8. The number of hydrogen-bond acceptors (Lipinski definition) is 6.